The van der Waals surface area contributed by atoms with Crippen molar-refractivity contribution in [1.82, 2.24) is 4.90 Å². The number of rotatable bonds is 4. The van der Waals surface area contributed by atoms with Gasteiger partial charge in [-0.2, -0.15) is 0 Å². The first kappa shape index (κ1) is 18.2. The van der Waals surface area contributed by atoms with Crippen molar-refractivity contribution in [3.05, 3.63) is 42.0 Å². The smallest absolute Gasteiger partial charge is 0.342 e. The molecule has 2 aromatic carbocycles. The van der Waals surface area contributed by atoms with Gasteiger partial charge in [0.1, 0.15) is 11.3 Å². The summed E-state index contributed by atoms with van der Waals surface area (Å²) in [4.78, 5) is 26.7. The Bertz CT molecular complexity index is 807. The molecule has 2 aromatic rings. The number of benzene rings is 2. The maximum atomic E-state index is 12.5. The molecular weight excluding hydrogens is 330 g/mol. The van der Waals surface area contributed by atoms with Crippen LogP contribution in [0.1, 0.15) is 30.6 Å². The van der Waals surface area contributed by atoms with Crippen molar-refractivity contribution in [3.63, 3.8) is 0 Å². The van der Waals surface area contributed by atoms with Gasteiger partial charge in [0.05, 0.1) is 7.11 Å². The second kappa shape index (κ2) is 7.77. The van der Waals surface area contributed by atoms with Crippen LogP contribution in [0.5, 0.6) is 5.75 Å². The Labute approximate surface area is 153 Å². The third-order valence-corrected chi connectivity index (χ3v) is 4.84. The Hall–Kier alpha value is -2.56. The SMILES string of the molecule is COc1cc2ccccc2cc1C(=O)OCC(=O)N1C[C@H](C)C[C@@H](C)C1. The summed E-state index contributed by atoms with van der Waals surface area (Å²) in [6.45, 7) is 5.48. The van der Waals surface area contributed by atoms with Gasteiger partial charge < -0.3 is 14.4 Å². The summed E-state index contributed by atoms with van der Waals surface area (Å²) in [7, 11) is 1.52. The molecule has 0 aliphatic carbocycles. The molecule has 1 aliphatic heterocycles. The van der Waals surface area contributed by atoms with Crippen LogP contribution < -0.4 is 4.74 Å². The number of carbonyl (C=O) groups is 2. The highest BCUT2D eigenvalue weighted by Gasteiger charge is 2.26. The van der Waals surface area contributed by atoms with Gasteiger partial charge in [0.25, 0.3) is 5.91 Å². The zero-order valence-electron chi connectivity index (χ0n) is 15.5. The minimum atomic E-state index is -0.543. The first-order valence-corrected chi connectivity index (χ1v) is 8.99. The van der Waals surface area contributed by atoms with Crippen LogP contribution in [-0.4, -0.2) is 43.6 Å². The van der Waals surface area contributed by atoms with E-state index < -0.39 is 5.97 Å². The number of likely N-dealkylation sites (tertiary alicyclic amines) is 1. The van der Waals surface area contributed by atoms with Gasteiger partial charge in [-0.1, -0.05) is 38.1 Å². The molecule has 2 atom stereocenters. The minimum absolute atomic E-state index is 0.142. The number of ether oxygens (including phenoxy) is 2. The number of amides is 1. The van der Waals surface area contributed by atoms with Gasteiger partial charge >= 0.3 is 5.97 Å². The van der Waals surface area contributed by atoms with E-state index in [9.17, 15) is 9.59 Å². The monoisotopic (exact) mass is 355 g/mol. The Morgan fingerprint density at radius 1 is 1.08 bits per heavy atom. The van der Waals surface area contributed by atoms with Crippen molar-refractivity contribution >= 4 is 22.6 Å². The molecule has 0 radical (unpaired) electrons. The second-order valence-electron chi connectivity index (χ2n) is 7.22. The Morgan fingerprint density at radius 3 is 2.31 bits per heavy atom. The molecule has 0 unspecified atom stereocenters. The van der Waals surface area contributed by atoms with E-state index in [1.54, 1.807) is 11.0 Å². The number of carbonyl (C=O) groups excluding carboxylic acids is 2. The van der Waals surface area contributed by atoms with E-state index in [0.29, 0.717) is 23.1 Å². The van der Waals surface area contributed by atoms with E-state index in [1.165, 1.54) is 7.11 Å². The van der Waals surface area contributed by atoms with Crippen LogP contribution in [0.15, 0.2) is 36.4 Å². The molecule has 26 heavy (non-hydrogen) atoms. The maximum Gasteiger partial charge on any atom is 0.342 e. The lowest BCUT2D eigenvalue weighted by Gasteiger charge is -2.34. The molecule has 0 N–H and O–H groups in total. The lowest BCUT2D eigenvalue weighted by atomic mass is 9.92. The number of nitrogens with zero attached hydrogens (tertiary/aromatic N) is 1. The van der Waals surface area contributed by atoms with Gasteiger partial charge in [-0.15, -0.1) is 0 Å². The summed E-state index contributed by atoms with van der Waals surface area (Å²) >= 11 is 0. The van der Waals surface area contributed by atoms with E-state index in [0.717, 1.165) is 30.3 Å². The largest absolute Gasteiger partial charge is 0.496 e. The van der Waals surface area contributed by atoms with Crippen molar-refractivity contribution in [3.8, 4) is 5.75 Å². The molecule has 1 heterocycles. The average molecular weight is 355 g/mol. The predicted octanol–water partition coefficient (Wildman–Crippen LogP) is 3.51. The zero-order chi connectivity index (χ0) is 18.7. The fourth-order valence-corrected chi connectivity index (χ4v) is 3.71. The Kier molecular flexibility index (Phi) is 5.45. The van der Waals surface area contributed by atoms with Crippen molar-refractivity contribution in [2.24, 2.45) is 11.8 Å². The van der Waals surface area contributed by atoms with E-state index in [1.807, 2.05) is 30.3 Å². The molecule has 5 heteroatoms. The quantitative estimate of drug-likeness (QED) is 0.788. The van der Waals surface area contributed by atoms with E-state index >= 15 is 0 Å². The molecule has 1 aliphatic rings. The van der Waals surface area contributed by atoms with Crippen LogP contribution in [0.3, 0.4) is 0 Å². The van der Waals surface area contributed by atoms with Gasteiger partial charge in [-0.3, -0.25) is 4.79 Å². The van der Waals surface area contributed by atoms with Gasteiger partial charge in [-0.05, 0) is 41.2 Å². The van der Waals surface area contributed by atoms with Crippen molar-refractivity contribution in [2.45, 2.75) is 20.3 Å². The molecule has 138 valence electrons. The molecule has 1 saturated heterocycles. The molecule has 0 bridgehead atoms. The van der Waals surface area contributed by atoms with E-state index in [-0.39, 0.29) is 12.5 Å². The fraction of sp³-hybridized carbons (Fsp3) is 0.429. The van der Waals surface area contributed by atoms with Gasteiger partial charge in [-0.25, -0.2) is 4.79 Å². The highest BCUT2D eigenvalue weighted by atomic mass is 16.5. The molecule has 1 amide bonds. The summed E-state index contributed by atoms with van der Waals surface area (Å²) < 4.78 is 10.6. The lowest BCUT2D eigenvalue weighted by Crippen LogP contribution is -2.44. The van der Waals surface area contributed by atoms with Crippen molar-refractivity contribution < 1.29 is 19.1 Å². The number of fused-ring (bicyclic) bond motifs is 1. The molecule has 5 nitrogen and oxygen atoms in total. The summed E-state index contributed by atoms with van der Waals surface area (Å²) in [5, 5.41) is 1.90. The number of methoxy groups -OCH3 is 1. The van der Waals surface area contributed by atoms with Crippen LogP contribution in [0, 0.1) is 11.8 Å². The summed E-state index contributed by atoms with van der Waals surface area (Å²) in [5.41, 5.74) is 0.333. The van der Waals surface area contributed by atoms with Gasteiger partial charge in [0, 0.05) is 13.1 Å². The van der Waals surface area contributed by atoms with Gasteiger partial charge in [0.2, 0.25) is 0 Å². The summed E-state index contributed by atoms with van der Waals surface area (Å²) in [6.07, 6.45) is 1.12. The van der Waals surface area contributed by atoms with Crippen LogP contribution in [-0.2, 0) is 9.53 Å². The topological polar surface area (TPSA) is 55.8 Å². The third kappa shape index (κ3) is 3.98. The minimum Gasteiger partial charge on any atom is -0.496 e. The van der Waals surface area contributed by atoms with Gasteiger partial charge in [0.15, 0.2) is 6.61 Å². The van der Waals surface area contributed by atoms with E-state index in [4.69, 9.17) is 9.47 Å². The predicted molar refractivity (Wildman–Crippen MR) is 100 cm³/mol. The zero-order valence-corrected chi connectivity index (χ0v) is 15.5. The second-order valence-corrected chi connectivity index (χ2v) is 7.22. The van der Waals surface area contributed by atoms with Crippen LogP contribution >= 0.6 is 0 Å². The summed E-state index contributed by atoms with van der Waals surface area (Å²) in [6, 6.07) is 11.3. The van der Waals surface area contributed by atoms with Crippen molar-refractivity contribution in [1.29, 1.82) is 0 Å². The van der Waals surface area contributed by atoms with Crippen LogP contribution in [0.25, 0.3) is 10.8 Å². The maximum absolute atomic E-state index is 12.5. The highest BCUT2D eigenvalue weighted by molar-refractivity contribution is 5.99. The first-order valence-electron chi connectivity index (χ1n) is 8.99. The Balaban J connectivity index is 1.70. The molecular formula is C21H25NO4. The lowest BCUT2D eigenvalue weighted by molar-refractivity contribution is -0.137. The number of esters is 1. The standard InChI is InChI=1S/C21H25NO4/c1-14-8-15(2)12-22(11-14)20(23)13-26-21(24)18-9-16-6-4-5-7-17(16)10-19(18)25-3/h4-7,9-10,14-15H,8,11-13H2,1-3H3/t14-,15-/m1/s1. The normalized spacial score (nSPS) is 20.0. The number of hydrogen-bond acceptors (Lipinski definition) is 4. The van der Waals surface area contributed by atoms with E-state index in [2.05, 4.69) is 13.8 Å². The number of piperidine rings is 1. The van der Waals surface area contributed by atoms with Crippen LogP contribution in [0.4, 0.5) is 0 Å². The highest BCUT2D eigenvalue weighted by Crippen LogP contribution is 2.27. The number of hydrogen-bond donors (Lipinski definition) is 0. The fourth-order valence-electron chi connectivity index (χ4n) is 3.71. The molecule has 0 saturated carbocycles. The van der Waals surface area contributed by atoms with Crippen molar-refractivity contribution in [2.75, 3.05) is 26.8 Å². The Morgan fingerprint density at radius 2 is 1.69 bits per heavy atom. The molecule has 3 rings (SSSR count). The summed E-state index contributed by atoms with van der Waals surface area (Å²) in [5.74, 6) is 0.704. The average Bonchev–Trinajstić information content (AvgIpc) is 2.63. The first-order chi connectivity index (χ1) is 12.5. The molecule has 0 spiro atoms. The molecule has 1 fully saturated rings. The third-order valence-electron chi connectivity index (χ3n) is 4.84. The molecule has 0 aromatic heterocycles. The van der Waals surface area contributed by atoms with Crippen LogP contribution in [0.2, 0.25) is 0 Å².